The summed E-state index contributed by atoms with van der Waals surface area (Å²) in [6.07, 6.45) is 2.53. The maximum absolute atomic E-state index is 6.04. The van der Waals surface area contributed by atoms with Crippen molar-refractivity contribution in [2.45, 2.75) is 11.3 Å². The number of thioether (sulfide) groups is 1. The van der Waals surface area contributed by atoms with Crippen molar-refractivity contribution in [3.63, 3.8) is 0 Å². The Morgan fingerprint density at radius 1 is 0.769 bits per heavy atom. The van der Waals surface area contributed by atoms with Crippen LogP contribution in [0.1, 0.15) is 5.69 Å². The smallest absolute Gasteiger partial charge is 0.140 e. The Hall–Kier alpha value is -2.85. The second-order valence-corrected chi connectivity index (χ2v) is 6.93. The van der Waals surface area contributed by atoms with E-state index < -0.39 is 0 Å². The zero-order chi connectivity index (χ0) is 17.6. The van der Waals surface area contributed by atoms with E-state index in [0.717, 1.165) is 45.2 Å². The van der Waals surface area contributed by atoms with E-state index in [0.29, 0.717) is 0 Å². The van der Waals surface area contributed by atoms with Gasteiger partial charge in [-0.2, -0.15) is 0 Å². The number of benzene rings is 3. The lowest BCUT2D eigenvalue weighted by atomic mass is 10.1. The van der Waals surface area contributed by atoms with Crippen LogP contribution in [0.5, 0.6) is 11.5 Å². The lowest BCUT2D eigenvalue weighted by Crippen LogP contribution is -1.96. The quantitative estimate of drug-likeness (QED) is 0.411. The third-order valence-corrected chi connectivity index (χ3v) is 5.10. The zero-order valence-corrected chi connectivity index (χ0v) is 15.0. The van der Waals surface area contributed by atoms with E-state index in [-0.39, 0.29) is 0 Å². The molecule has 128 valence electrons. The van der Waals surface area contributed by atoms with Crippen molar-refractivity contribution in [3.05, 3.63) is 90.9 Å². The van der Waals surface area contributed by atoms with E-state index in [9.17, 15) is 0 Å². The Morgan fingerprint density at radius 3 is 2.46 bits per heavy atom. The van der Waals surface area contributed by atoms with E-state index in [2.05, 4.69) is 22.1 Å². The second-order valence-electron chi connectivity index (χ2n) is 5.80. The number of aryl methyl sites for hydroxylation is 1. The third kappa shape index (κ3) is 3.86. The van der Waals surface area contributed by atoms with Crippen LogP contribution in [0.3, 0.4) is 0 Å². The molecule has 1 heterocycles. The van der Waals surface area contributed by atoms with E-state index >= 15 is 0 Å². The van der Waals surface area contributed by atoms with Gasteiger partial charge in [0.05, 0.1) is 16.1 Å². The maximum atomic E-state index is 6.04. The topological polar surface area (TPSA) is 35.0 Å². The molecule has 0 aliphatic rings. The summed E-state index contributed by atoms with van der Waals surface area (Å²) in [7, 11) is 0. The van der Waals surface area contributed by atoms with Crippen molar-refractivity contribution >= 4 is 22.7 Å². The fourth-order valence-electron chi connectivity index (χ4n) is 2.79. The van der Waals surface area contributed by atoms with Crippen LogP contribution < -0.4 is 4.74 Å². The summed E-state index contributed by atoms with van der Waals surface area (Å²) >= 11 is 1.78. The van der Waals surface area contributed by atoms with Gasteiger partial charge in [0.25, 0.3) is 0 Å². The maximum Gasteiger partial charge on any atom is 0.140 e. The minimum Gasteiger partial charge on any atom is -0.456 e. The molecular formula is C22H18N2OS. The largest absolute Gasteiger partial charge is 0.456 e. The van der Waals surface area contributed by atoms with Crippen LogP contribution in [0.4, 0.5) is 0 Å². The van der Waals surface area contributed by atoms with Gasteiger partial charge in [0.2, 0.25) is 0 Å². The van der Waals surface area contributed by atoms with Gasteiger partial charge in [0.1, 0.15) is 17.8 Å². The Kier molecular flexibility index (Phi) is 5.12. The van der Waals surface area contributed by atoms with Crippen LogP contribution in [0.25, 0.3) is 10.9 Å². The summed E-state index contributed by atoms with van der Waals surface area (Å²) in [4.78, 5) is 9.94. The number of hydrogen-bond donors (Lipinski definition) is 0. The van der Waals surface area contributed by atoms with Crippen LogP contribution in [0.15, 0.2) is 90.1 Å². The van der Waals surface area contributed by atoms with E-state index in [1.54, 1.807) is 18.1 Å². The van der Waals surface area contributed by atoms with Crippen molar-refractivity contribution in [3.8, 4) is 11.5 Å². The second kappa shape index (κ2) is 8.02. The fraction of sp³-hybridized carbons (Fsp3) is 0.0909. The number of fused-ring (bicyclic) bond motifs is 1. The number of nitrogens with zero attached hydrogens (tertiary/aromatic N) is 2. The van der Waals surface area contributed by atoms with Gasteiger partial charge in [0, 0.05) is 11.1 Å². The third-order valence-electron chi connectivity index (χ3n) is 4.04. The predicted molar refractivity (Wildman–Crippen MR) is 107 cm³/mol. The van der Waals surface area contributed by atoms with Gasteiger partial charge in [0.15, 0.2) is 0 Å². The van der Waals surface area contributed by atoms with Crippen LogP contribution in [0.2, 0.25) is 0 Å². The molecular weight excluding hydrogens is 340 g/mol. The highest BCUT2D eigenvalue weighted by Gasteiger charge is 2.07. The average Bonchev–Trinajstić information content (AvgIpc) is 2.70. The molecule has 0 atom stereocenters. The summed E-state index contributed by atoms with van der Waals surface area (Å²) in [6, 6.07) is 26.2. The van der Waals surface area contributed by atoms with E-state index in [1.165, 1.54) is 0 Å². The van der Waals surface area contributed by atoms with Gasteiger partial charge in [-0.05, 0) is 36.8 Å². The summed E-state index contributed by atoms with van der Waals surface area (Å²) in [5.41, 5.74) is 2.08. The lowest BCUT2D eigenvalue weighted by Gasteiger charge is -2.11. The van der Waals surface area contributed by atoms with Gasteiger partial charge in [-0.3, -0.25) is 0 Å². The highest BCUT2D eigenvalue weighted by atomic mass is 32.2. The van der Waals surface area contributed by atoms with Crippen molar-refractivity contribution in [1.29, 1.82) is 0 Å². The molecule has 0 saturated carbocycles. The van der Waals surface area contributed by atoms with Crippen LogP contribution in [0, 0.1) is 0 Å². The van der Waals surface area contributed by atoms with Gasteiger partial charge >= 0.3 is 0 Å². The number of rotatable bonds is 6. The molecule has 0 radical (unpaired) electrons. The lowest BCUT2D eigenvalue weighted by molar-refractivity contribution is 0.471. The molecule has 0 fully saturated rings. The molecule has 0 amide bonds. The molecule has 0 saturated heterocycles. The summed E-state index contributed by atoms with van der Waals surface area (Å²) in [5.74, 6) is 2.66. The van der Waals surface area contributed by atoms with Crippen LogP contribution in [-0.4, -0.2) is 15.7 Å². The average molecular weight is 358 g/mol. The summed E-state index contributed by atoms with van der Waals surface area (Å²) in [5, 5.41) is 1.13. The predicted octanol–water partition coefficient (Wildman–Crippen LogP) is 5.76. The Balaban J connectivity index is 1.47. The molecule has 3 nitrogen and oxygen atoms in total. The molecule has 4 rings (SSSR count). The minimum atomic E-state index is 0.849. The molecule has 26 heavy (non-hydrogen) atoms. The number of para-hydroxylation sites is 3. The Labute approximate surface area is 157 Å². The number of ether oxygens (including phenoxy) is 1. The first-order chi connectivity index (χ1) is 12.9. The molecule has 1 aromatic heterocycles. The standard InChI is InChI=1S/C22H18N2OS/c1-2-8-17(9-3-1)25-21-12-6-7-13-22(21)26-15-14-20-18-10-4-5-11-19(18)23-16-24-20/h1-13,16H,14-15H2. The monoisotopic (exact) mass is 358 g/mol. The number of aromatic nitrogens is 2. The van der Waals surface area contributed by atoms with Gasteiger partial charge in [-0.25, -0.2) is 9.97 Å². The van der Waals surface area contributed by atoms with Crippen molar-refractivity contribution in [2.24, 2.45) is 0 Å². The Bertz CT molecular complexity index is 1000. The zero-order valence-electron chi connectivity index (χ0n) is 14.2. The van der Waals surface area contributed by atoms with Crippen molar-refractivity contribution in [1.82, 2.24) is 9.97 Å². The minimum absolute atomic E-state index is 0.849. The molecule has 0 aliphatic heterocycles. The first-order valence-electron chi connectivity index (χ1n) is 8.53. The van der Waals surface area contributed by atoms with Crippen molar-refractivity contribution in [2.75, 3.05) is 5.75 Å². The molecule has 0 unspecified atom stereocenters. The summed E-state index contributed by atoms with van der Waals surface area (Å²) in [6.45, 7) is 0. The fourth-order valence-corrected chi connectivity index (χ4v) is 3.73. The highest BCUT2D eigenvalue weighted by molar-refractivity contribution is 7.99. The molecule has 0 spiro atoms. The first kappa shape index (κ1) is 16.6. The molecule has 4 aromatic rings. The van der Waals surface area contributed by atoms with Gasteiger partial charge in [-0.1, -0.05) is 48.5 Å². The molecule has 4 heteroatoms. The van der Waals surface area contributed by atoms with Gasteiger partial charge < -0.3 is 4.74 Å². The summed E-state index contributed by atoms with van der Waals surface area (Å²) < 4.78 is 6.04. The molecule has 3 aromatic carbocycles. The Morgan fingerprint density at radius 2 is 1.54 bits per heavy atom. The van der Waals surface area contributed by atoms with Crippen LogP contribution in [-0.2, 0) is 6.42 Å². The van der Waals surface area contributed by atoms with E-state index in [1.807, 2.05) is 66.7 Å². The van der Waals surface area contributed by atoms with Gasteiger partial charge in [-0.15, -0.1) is 11.8 Å². The highest BCUT2D eigenvalue weighted by Crippen LogP contribution is 2.33. The molecule has 0 bridgehead atoms. The number of hydrogen-bond acceptors (Lipinski definition) is 4. The first-order valence-corrected chi connectivity index (χ1v) is 9.52. The van der Waals surface area contributed by atoms with Crippen LogP contribution >= 0.6 is 11.8 Å². The molecule has 0 N–H and O–H groups in total. The van der Waals surface area contributed by atoms with E-state index in [4.69, 9.17) is 4.74 Å². The SMILES string of the molecule is c1ccc(Oc2ccccc2SCCc2ncnc3ccccc23)cc1. The van der Waals surface area contributed by atoms with Crippen molar-refractivity contribution < 1.29 is 4.74 Å². The normalized spacial score (nSPS) is 10.8. The molecule has 0 aliphatic carbocycles.